The fourth-order valence-corrected chi connectivity index (χ4v) is 3.60. The molecule has 12 nitrogen and oxygen atoms in total. The second kappa shape index (κ2) is 11.1. The van der Waals surface area contributed by atoms with E-state index in [1.165, 1.54) is 24.8 Å². The zero-order chi connectivity index (χ0) is 24.6. The Hall–Kier alpha value is -4.48. The van der Waals surface area contributed by atoms with Crippen LogP contribution in [-0.4, -0.2) is 50.9 Å². The molecule has 0 unspecified atom stereocenters. The highest BCUT2D eigenvalue weighted by atomic mass is 16.6. The molecular weight excluding hydrogens is 452 g/mol. The molecule has 4 rings (SSSR count). The molecule has 2 aromatic carbocycles. The second-order valence-corrected chi connectivity index (χ2v) is 7.76. The summed E-state index contributed by atoms with van der Waals surface area (Å²) in [6.45, 7) is 3.65. The Kier molecular flexibility index (Phi) is 7.50. The van der Waals surface area contributed by atoms with E-state index in [1.807, 2.05) is 30.3 Å². The first-order chi connectivity index (χ1) is 17.0. The Morgan fingerprint density at radius 3 is 2.60 bits per heavy atom. The molecule has 0 atom stereocenters. The number of nitrogens with one attached hydrogen (secondary N) is 2. The number of nitrogens with zero attached hydrogens (tertiary/aromatic N) is 6. The number of piperidine rings is 1. The fourth-order valence-electron chi connectivity index (χ4n) is 3.60. The number of aromatic hydroxyl groups is 1. The number of ether oxygens (including phenoxy) is 1. The Labute approximate surface area is 201 Å². The van der Waals surface area contributed by atoms with Crippen LogP contribution in [0.4, 0.5) is 29.2 Å². The Bertz CT molecular complexity index is 1200. The molecule has 1 aliphatic heterocycles. The van der Waals surface area contributed by atoms with Crippen molar-refractivity contribution in [2.24, 2.45) is 5.10 Å². The summed E-state index contributed by atoms with van der Waals surface area (Å²) in [5.74, 6) is 0.809. The predicted molar refractivity (Wildman–Crippen MR) is 133 cm³/mol. The van der Waals surface area contributed by atoms with Gasteiger partial charge in [-0.3, -0.25) is 10.1 Å². The normalized spacial score (nSPS) is 13.6. The molecule has 3 N–H and O–H groups in total. The van der Waals surface area contributed by atoms with E-state index in [0.29, 0.717) is 11.9 Å². The number of nitro benzene ring substituents is 1. The lowest BCUT2D eigenvalue weighted by atomic mass is 10.1. The van der Waals surface area contributed by atoms with Crippen LogP contribution >= 0.6 is 0 Å². The third kappa shape index (κ3) is 6.10. The van der Waals surface area contributed by atoms with Gasteiger partial charge in [0.15, 0.2) is 11.5 Å². The van der Waals surface area contributed by atoms with Gasteiger partial charge in [0.05, 0.1) is 23.8 Å². The zero-order valence-electron chi connectivity index (χ0n) is 19.2. The number of non-ortho nitro benzene ring substituents is 1. The van der Waals surface area contributed by atoms with Crippen LogP contribution in [0.25, 0.3) is 0 Å². The lowest BCUT2D eigenvalue weighted by Gasteiger charge is -2.26. The van der Waals surface area contributed by atoms with Gasteiger partial charge in [-0.15, -0.1) is 0 Å². The van der Waals surface area contributed by atoms with Crippen molar-refractivity contribution in [3.63, 3.8) is 0 Å². The van der Waals surface area contributed by atoms with Crippen LogP contribution in [0.1, 0.15) is 31.7 Å². The molecule has 1 fully saturated rings. The molecular formula is C23H26N8O4. The first kappa shape index (κ1) is 23.7. The highest BCUT2D eigenvalue weighted by Gasteiger charge is 2.18. The van der Waals surface area contributed by atoms with Gasteiger partial charge in [0, 0.05) is 30.4 Å². The smallest absolute Gasteiger partial charge is 0.274 e. The van der Waals surface area contributed by atoms with E-state index in [-0.39, 0.29) is 35.3 Å². The van der Waals surface area contributed by atoms with Crippen LogP contribution < -0.4 is 20.4 Å². The van der Waals surface area contributed by atoms with Crippen molar-refractivity contribution in [2.75, 3.05) is 35.3 Å². The molecule has 1 saturated heterocycles. The quantitative estimate of drug-likeness (QED) is 0.233. The van der Waals surface area contributed by atoms with Crippen LogP contribution in [-0.2, 0) is 0 Å². The van der Waals surface area contributed by atoms with Crippen LogP contribution in [0.5, 0.6) is 11.5 Å². The molecule has 182 valence electrons. The first-order valence-electron chi connectivity index (χ1n) is 11.3. The maximum Gasteiger partial charge on any atom is 0.274 e. The molecule has 1 aromatic heterocycles. The van der Waals surface area contributed by atoms with Gasteiger partial charge < -0.3 is 20.1 Å². The van der Waals surface area contributed by atoms with Gasteiger partial charge in [-0.1, -0.05) is 18.2 Å². The number of phenols is 1. The topological polar surface area (TPSA) is 151 Å². The number of phenolic OH excluding ortho intramolecular Hbond substituents is 1. The maximum atomic E-state index is 11.3. The Morgan fingerprint density at radius 2 is 1.89 bits per heavy atom. The SMILES string of the molecule is CCOc1cc([N+](=O)[O-])cc(/C=N\Nc2nc(Nc3ccccc3)nc(N3CCCCC3)n2)c1O. The van der Waals surface area contributed by atoms with Crippen LogP contribution in [0.15, 0.2) is 47.6 Å². The van der Waals surface area contributed by atoms with E-state index < -0.39 is 4.92 Å². The minimum Gasteiger partial charge on any atom is -0.504 e. The van der Waals surface area contributed by atoms with E-state index in [2.05, 4.69) is 35.7 Å². The van der Waals surface area contributed by atoms with Gasteiger partial charge >= 0.3 is 0 Å². The number of nitro groups is 1. The van der Waals surface area contributed by atoms with Gasteiger partial charge in [0.1, 0.15) is 0 Å². The average Bonchev–Trinajstić information content (AvgIpc) is 2.87. The molecule has 0 radical (unpaired) electrons. The number of aromatic nitrogens is 3. The molecule has 35 heavy (non-hydrogen) atoms. The second-order valence-electron chi connectivity index (χ2n) is 7.76. The largest absolute Gasteiger partial charge is 0.504 e. The van der Waals surface area contributed by atoms with Crippen molar-refractivity contribution in [3.05, 3.63) is 58.1 Å². The van der Waals surface area contributed by atoms with Crippen LogP contribution in [0, 0.1) is 10.1 Å². The van der Waals surface area contributed by atoms with Crippen molar-refractivity contribution < 1.29 is 14.8 Å². The molecule has 0 spiro atoms. The maximum absolute atomic E-state index is 11.3. The number of hydrogen-bond donors (Lipinski definition) is 3. The standard InChI is InChI=1S/C23H26N8O4/c1-2-35-19-14-18(31(33)34)13-16(20(19)32)15-24-29-22-26-21(25-17-9-5-3-6-10-17)27-23(28-22)30-11-7-4-8-12-30/h3,5-6,9-10,13-15,32H,2,4,7-8,11-12H2,1H3,(H2,25,26,27,28,29)/b24-15-. The lowest BCUT2D eigenvalue weighted by Crippen LogP contribution is -2.31. The van der Waals surface area contributed by atoms with Crippen LogP contribution in [0.3, 0.4) is 0 Å². The first-order valence-corrected chi connectivity index (χ1v) is 11.3. The third-order valence-corrected chi connectivity index (χ3v) is 5.26. The zero-order valence-corrected chi connectivity index (χ0v) is 19.2. The van der Waals surface area contributed by atoms with Crippen molar-refractivity contribution in [3.8, 4) is 11.5 Å². The van der Waals surface area contributed by atoms with Crippen molar-refractivity contribution >= 4 is 35.4 Å². The van der Waals surface area contributed by atoms with E-state index in [1.54, 1.807) is 6.92 Å². The summed E-state index contributed by atoms with van der Waals surface area (Å²) in [5.41, 5.74) is 3.45. The molecule has 0 saturated carbocycles. The summed E-state index contributed by atoms with van der Waals surface area (Å²) < 4.78 is 5.30. The molecule has 2 heterocycles. The summed E-state index contributed by atoms with van der Waals surface area (Å²) in [5, 5.41) is 28.9. The van der Waals surface area contributed by atoms with Gasteiger partial charge in [0.25, 0.3) is 5.69 Å². The van der Waals surface area contributed by atoms with E-state index in [0.717, 1.165) is 31.6 Å². The summed E-state index contributed by atoms with van der Waals surface area (Å²) in [4.78, 5) is 26.2. The molecule has 3 aromatic rings. The number of rotatable bonds is 9. The molecule has 0 amide bonds. The molecule has 1 aliphatic rings. The summed E-state index contributed by atoms with van der Waals surface area (Å²) >= 11 is 0. The van der Waals surface area contributed by atoms with Gasteiger partial charge in [-0.2, -0.15) is 20.1 Å². The number of anilines is 4. The van der Waals surface area contributed by atoms with E-state index >= 15 is 0 Å². The van der Waals surface area contributed by atoms with Gasteiger partial charge in [-0.05, 0) is 38.3 Å². The highest BCUT2D eigenvalue weighted by molar-refractivity contribution is 5.86. The number of para-hydroxylation sites is 1. The van der Waals surface area contributed by atoms with E-state index in [4.69, 9.17) is 4.74 Å². The van der Waals surface area contributed by atoms with Gasteiger partial charge in [0.2, 0.25) is 17.8 Å². The van der Waals surface area contributed by atoms with Gasteiger partial charge in [-0.25, -0.2) is 5.43 Å². The fraction of sp³-hybridized carbons (Fsp3) is 0.304. The number of benzene rings is 2. The lowest BCUT2D eigenvalue weighted by molar-refractivity contribution is -0.385. The Morgan fingerprint density at radius 1 is 1.14 bits per heavy atom. The van der Waals surface area contributed by atoms with Crippen molar-refractivity contribution in [1.29, 1.82) is 0 Å². The molecule has 0 aliphatic carbocycles. The van der Waals surface area contributed by atoms with Crippen molar-refractivity contribution in [1.82, 2.24) is 15.0 Å². The monoisotopic (exact) mass is 478 g/mol. The summed E-state index contributed by atoms with van der Waals surface area (Å²) in [6, 6.07) is 11.9. The third-order valence-electron chi connectivity index (χ3n) is 5.26. The van der Waals surface area contributed by atoms with Crippen molar-refractivity contribution in [2.45, 2.75) is 26.2 Å². The van der Waals surface area contributed by atoms with E-state index in [9.17, 15) is 15.2 Å². The predicted octanol–water partition coefficient (Wildman–Crippen LogP) is 4.06. The minimum atomic E-state index is -0.564. The highest BCUT2D eigenvalue weighted by Crippen LogP contribution is 2.34. The summed E-state index contributed by atoms with van der Waals surface area (Å²) in [7, 11) is 0. The number of hydrazone groups is 1. The van der Waals surface area contributed by atoms with Crippen LogP contribution in [0.2, 0.25) is 0 Å². The number of hydrogen-bond acceptors (Lipinski definition) is 11. The summed E-state index contributed by atoms with van der Waals surface area (Å²) in [6.07, 6.45) is 4.53. The molecule has 12 heteroatoms. The molecule has 0 bridgehead atoms. The Balaban J connectivity index is 1.60. The minimum absolute atomic E-state index is 0.00467. The average molecular weight is 479 g/mol.